The molecule has 0 aliphatic rings. The van der Waals surface area contributed by atoms with E-state index in [1.54, 1.807) is 36.4 Å². The number of amides is 1. The Kier molecular flexibility index (Phi) is 8.03. The molecule has 2 atom stereocenters. The fourth-order valence-corrected chi connectivity index (χ4v) is 3.95. The molecule has 3 N–H and O–H groups in total. The quantitative estimate of drug-likeness (QED) is 0.428. The van der Waals surface area contributed by atoms with E-state index in [1.807, 2.05) is 6.92 Å². The number of aliphatic hydroxyl groups excluding tert-OH is 1. The SMILES string of the molecule is CC(=O)c1ccc(NC(=O)O[C@@H](c2cc(Br)cc(Br)c2O)[C@H](C)CCO)cc1. The molecule has 0 aliphatic heterocycles. The smallest absolute Gasteiger partial charge is 0.412 e. The zero-order chi connectivity index (χ0) is 20.8. The Morgan fingerprint density at radius 3 is 2.39 bits per heavy atom. The van der Waals surface area contributed by atoms with Gasteiger partial charge in [0.1, 0.15) is 11.9 Å². The predicted molar refractivity (Wildman–Crippen MR) is 114 cm³/mol. The molecule has 0 saturated carbocycles. The van der Waals surface area contributed by atoms with Gasteiger partial charge in [-0.05, 0) is 71.6 Å². The summed E-state index contributed by atoms with van der Waals surface area (Å²) in [4.78, 5) is 23.8. The first-order valence-electron chi connectivity index (χ1n) is 8.60. The van der Waals surface area contributed by atoms with Crippen LogP contribution in [0.5, 0.6) is 5.75 Å². The fourth-order valence-electron chi connectivity index (χ4n) is 2.69. The first-order chi connectivity index (χ1) is 13.2. The number of benzene rings is 2. The second-order valence-corrected chi connectivity index (χ2v) is 8.17. The van der Waals surface area contributed by atoms with Crippen LogP contribution in [0, 0.1) is 5.92 Å². The molecular weight excluding hydrogens is 494 g/mol. The molecule has 0 unspecified atom stereocenters. The van der Waals surface area contributed by atoms with Crippen LogP contribution < -0.4 is 5.32 Å². The number of Topliss-reactive ketones (excluding diaryl/α,β-unsaturated/α-hetero) is 1. The van der Waals surface area contributed by atoms with E-state index in [0.717, 1.165) is 0 Å². The number of phenols is 1. The maximum absolute atomic E-state index is 12.4. The van der Waals surface area contributed by atoms with Gasteiger partial charge in [0, 0.05) is 27.9 Å². The number of halogens is 2. The van der Waals surface area contributed by atoms with Gasteiger partial charge in [0.2, 0.25) is 0 Å². The second-order valence-electron chi connectivity index (χ2n) is 6.40. The lowest BCUT2D eigenvalue weighted by Gasteiger charge is -2.25. The molecule has 0 fully saturated rings. The lowest BCUT2D eigenvalue weighted by Crippen LogP contribution is -2.22. The van der Waals surface area contributed by atoms with Gasteiger partial charge in [0.05, 0.1) is 4.47 Å². The summed E-state index contributed by atoms with van der Waals surface area (Å²) in [6, 6.07) is 9.80. The van der Waals surface area contributed by atoms with E-state index < -0.39 is 12.2 Å². The van der Waals surface area contributed by atoms with Gasteiger partial charge in [-0.1, -0.05) is 22.9 Å². The van der Waals surface area contributed by atoms with Crippen molar-refractivity contribution in [2.75, 3.05) is 11.9 Å². The highest BCUT2D eigenvalue weighted by Crippen LogP contribution is 2.40. The Labute approximate surface area is 180 Å². The number of carbonyl (C=O) groups excluding carboxylic acids is 2. The highest BCUT2D eigenvalue weighted by molar-refractivity contribution is 9.11. The van der Waals surface area contributed by atoms with Crippen molar-refractivity contribution in [3.8, 4) is 5.75 Å². The topological polar surface area (TPSA) is 95.9 Å². The lowest BCUT2D eigenvalue weighted by atomic mass is 9.94. The molecule has 2 aromatic rings. The Balaban J connectivity index is 2.23. The molecule has 6 nitrogen and oxygen atoms in total. The van der Waals surface area contributed by atoms with Gasteiger partial charge in [0.25, 0.3) is 0 Å². The molecule has 0 radical (unpaired) electrons. The van der Waals surface area contributed by atoms with Crippen molar-refractivity contribution in [2.24, 2.45) is 5.92 Å². The van der Waals surface area contributed by atoms with E-state index in [1.165, 1.54) is 6.92 Å². The van der Waals surface area contributed by atoms with Gasteiger partial charge in [0.15, 0.2) is 5.78 Å². The average molecular weight is 515 g/mol. The van der Waals surface area contributed by atoms with Gasteiger partial charge in [-0.15, -0.1) is 0 Å². The first-order valence-corrected chi connectivity index (χ1v) is 10.2. The molecule has 2 aromatic carbocycles. The van der Waals surface area contributed by atoms with E-state index in [2.05, 4.69) is 37.2 Å². The standard InChI is InChI=1S/C20H21Br2NO5/c1-11(7-8-24)19(16-9-14(21)10-17(22)18(16)26)28-20(27)23-15-5-3-13(4-6-15)12(2)25/h3-6,9-11,19,24,26H,7-8H2,1-2H3,(H,23,27)/t11-,19-/m1/s1. The summed E-state index contributed by atoms with van der Waals surface area (Å²) in [5, 5.41) is 22.3. The van der Waals surface area contributed by atoms with Crippen LogP contribution in [0.2, 0.25) is 0 Å². The number of ketones is 1. The Morgan fingerprint density at radius 2 is 1.82 bits per heavy atom. The van der Waals surface area contributed by atoms with Crippen molar-refractivity contribution in [1.82, 2.24) is 0 Å². The second kappa shape index (κ2) is 10.0. The van der Waals surface area contributed by atoms with Crippen LogP contribution in [-0.2, 0) is 4.74 Å². The van der Waals surface area contributed by atoms with E-state index in [-0.39, 0.29) is 24.1 Å². The summed E-state index contributed by atoms with van der Waals surface area (Å²) in [5.74, 6) is -0.345. The summed E-state index contributed by atoms with van der Waals surface area (Å²) in [7, 11) is 0. The lowest BCUT2D eigenvalue weighted by molar-refractivity contribution is 0.0651. The van der Waals surface area contributed by atoms with Crippen molar-refractivity contribution >= 4 is 49.4 Å². The van der Waals surface area contributed by atoms with Crippen LogP contribution in [0.25, 0.3) is 0 Å². The Hall–Kier alpha value is -1.90. The van der Waals surface area contributed by atoms with Crippen molar-refractivity contribution in [3.05, 3.63) is 56.5 Å². The Morgan fingerprint density at radius 1 is 1.18 bits per heavy atom. The summed E-state index contributed by atoms with van der Waals surface area (Å²) in [5.41, 5.74) is 1.43. The van der Waals surface area contributed by atoms with Crippen molar-refractivity contribution < 1.29 is 24.5 Å². The number of aliphatic hydroxyl groups is 1. The minimum absolute atomic E-state index is 0.0309. The van der Waals surface area contributed by atoms with Crippen LogP contribution in [0.3, 0.4) is 0 Å². The minimum atomic E-state index is -0.780. The van der Waals surface area contributed by atoms with Gasteiger partial charge in [-0.2, -0.15) is 0 Å². The fraction of sp³-hybridized carbons (Fsp3) is 0.300. The van der Waals surface area contributed by atoms with Crippen LogP contribution in [0.1, 0.15) is 42.3 Å². The van der Waals surface area contributed by atoms with Gasteiger partial charge in [-0.3, -0.25) is 10.1 Å². The molecule has 0 aromatic heterocycles. The zero-order valence-corrected chi connectivity index (χ0v) is 18.6. The maximum Gasteiger partial charge on any atom is 0.412 e. The predicted octanol–water partition coefficient (Wildman–Crippen LogP) is 5.43. The first kappa shape index (κ1) is 22.4. The Bertz CT molecular complexity index is 854. The third kappa shape index (κ3) is 5.80. The van der Waals surface area contributed by atoms with E-state index in [0.29, 0.717) is 32.2 Å². The van der Waals surface area contributed by atoms with Crippen LogP contribution >= 0.6 is 31.9 Å². The zero-order valence-electron chi connectivity index (χ0n) is 15.4. The van der Waals surface area contributed by atoms with Gasteiger partial charge >= 0.3 is 6.09 Å². The van der Waals surface area contributed by atoms with Gasteiger partial charge < -0.3 is 14.9 Å². The highest BCUT2D eigenvalue weighted by Gasteiger charge is 2.27. The minimum Gasteiger partial charge on any atom is -0.506 e. The van der Waals surface area contributed by atoms with Crippen LogP contribution in [0.15, 0.2) is 45.3 Å². The summed E-state index contributed by atoms with van der Waals surface area (Å²) >= 11 is 6.65. The summed E-state index contributed by atoms with van der Waals surface area (Å²) in [6.07, 6.45) is -1.10. The number of hydrogen-bond donors (Lipinski definition) is 3. The van der Waals surface area contributed by atoms with E-state index in [9.17, 15) is 19.8 Å². The molecule has 0 aliphatic carbocycles. The normalized spacial score (nSPS) is 12.9. The monoisotopic (exact) mass is 513 g/mol. The number of phenolic OH excluding ortho intramolecular Hbond substituents is 1. The van der Waals surface area contributed by atoms with Crippen LogP contribution in [-0.4, -0.2) is 28.7 Å². The maximum atomic E-state index is 12.4. The molecule has 2 rings (SSSR count). The van der Waals surface area contributed by atoms with Crippen molar-refractivity contribution in [1.29, 1.82) is 0 Å². The number of rotatable bonds is 7. The number of aromatic hydroxyl groups is 1. The number of nitrogens with one attached hydrogen (secondary N) is 1. The summed E-state index contributed by atoms with van der Waals surface area (Å²) < 4.78 is 6.76. The van der Waals surface area contributed by atoms with Crippen LogP contribution in [0.4, 0.5) is 10.5 Å². The molecule has 0 heterocycles. The highest BCUT2D eigenvalue weighted by atomic mass is 79.9. The number of hydrogen-bond acceptors (Lipinski definition) is 5. The number of carbonyl (C=O) groups is 2. The van der Waals surface area contributed by atoms with Gasteiger partial charge in [-0.25, -0.2) is 4.79 Å². The molecule has 1 amide bonds. The largest absolute Gasteiger partial charge is 0.506 e. The van der Waals surface area contributed by atoms with E-state index >= 15 is 0 Å². The number of anilines is 1. The molecule has 28 heavy (non-hydrogen) atoms. The molecule has 8 heteroatoms. The van der Waals surface area contributed by atoms with E-state index in [4.69, 9.17) is 4.74 Å². The molecule has 0 bridgehead atoms. The third-order valence-corrected chi connectivity index (χ3v) is 5.30. The molecular formula is C20H21Br2NO5. The third-order valence-electron chi connectivity index (χ3n) is 4.24. The number of ether oxygens (including phenoxy) is 1. The van der Waals surface area contributed by atoms with Crippen molar-refractivity contribution in [3.63, 3.8) is 0 Å². The molecule has 0 saturated heterocycles. The summed E-state index contributed by atoms with van der Waals surface area (Å²) in [6.45, 7) is 3.21. The molecule has 0 spiro atoms. The average Bonchev–Trinajstić information content (AvgIpc) is 2.63. The van der Waals surface area contributed by atoms with Crippen molar-refractivity contribution in [2.45, 2.75) is 26.4 Å². The molecule has 150 valence electrons.